The van der Waals surface area contributed by atoms with Gasteiger partial charge in [-0.25, -0.2) is 0 Å². The first-order chi connectivity index (χ1) is 20.1. The van der Waals surface area contributed by atoms with Gasteiger partial charge in [0.25, 0.3) is 5.91 Å². The molecule has 3 amide bonds. The Morgan fingerprint density at radius 3 is 2.61 bits per heavy atom. The van der Waals surface area contributed by atoms with Gasteiger partial charge in [0.1, 0.15) is 12.1 Å². The molecule has 1 fully saturated rings. The highest BCUT2D eigenvalue weighted by molar-refractivity contribution is 6.04. The molecule has 8 heteroatoms. The number of para-hydroxylation sites is 1. The number of nitrogens with zero attached hydrogens (tertiary/aromatic N) is 1. The fourth-order valence-electron chi connectivity index (χ4n) is 6.61. The maximum absolute atomic E-state index is 14.2. The van der Waals surface area contributed by atoms with Crippen molar-refractivity contribution in [1.29, 1.82) is 0 Å². The smallest absolute Gasteiger partial charge is 0.255 e. The summed E-state index contributed by atoms with van der Waals surface area (Å²) in [6, 6.07) is 23.3. The summed E-state index contributed by atoms with van der Waals surface area (Å²) in [6.07, 6.45) is 2.58. The number of hydrogen-bond donors (Lipinski definition) is 3. The average Bonchev–Trinajstić information content (AvgIpc) is 3.73. The molecule has 8 nitrogen and oxygen atoms in total. The summed E-state index contributed by atoms with van der Waals surface area (Å²) >= 11 is 0. The highest BCUT2D eigenvalue weighted by Crippen LogP contribution is 2.46. The second-order valence-corrected chi connectivity index (χ2v) is 11.1. The number of rotatable bonds is 7. The van der Waals surface area contributed by atoms with E-state index in [4.69, 9.17) is 4.74 Å². The molecule has 0 spiro atoms. The molecule has 0 bridgehead atoms. The van der Waals surface area contributed by atoms with Crippen molar-refractivity contribution in [3.05, 3.63) is 107 Å². The zero-order valence-electron chi connectivity index (χ0n) is 22.6. The molecule has 3 N–H and O–H groups in total. The second kappa shape index (κ2) is 10.5. The van der Waals surface area contributed by atoms with Crippen LogP contribution in [-0.4, -0.2) is 58.9 Å². The lowest BCUT2D eigenvalue weighted by molar-refractivity contribution is -0.132. The summed E-state index contributed by atoms with van der Waals surface area (Å²) in [5.41, 5.74) is 5.40. The molecule has 4 heterocycles. The highest BCUT2D eigenvalue weighted by Gasteiger charge is 2.49. The second-order valence-electron chi connectivity index (χ2n) is 11.1. The van der Waals surface area contributed by atoms with Crippen molar-refractivity contribution in [3.63, 3.8) is 0 Å². The van der Waals surface area contributed by atoms with Gasteiger partial charge in [0.2, 0.25) is 11.8 Å². The Morgan fingerprint density at radius 1 is 1.00 bits per heavy atom. The fourth-order valence-corrected chi connectivity index (χ4v) is 6.61. The Hall–Kier alpha value is -4.43. The van der Waals surface area contributed by atoms with Crippen LogP contribution in [0.5, 0.6) is 0 Å². The minimum Gasteiger partial charge on any atom is -0.376 e. The van der Waals surface area contributed by atoms with Crippen LogP contribution in [0.2, 0.25) is 0 Å². The molecule has 0 aliphatic carbocycles. The van der Waals surface area contributed by atoms with E-state index in [1.807, 2.05) is 72.8 Å². The molecule has 4 atom stereocenters. The van der Waals surface area contributed by atoms with E-state index in [9.17, 15) is 14.4 Å². The normalized spacial score (nSPS) is 21.7. The molecule has 41 heavy (non-hydrogen) atoms. The zero-order chi connectivity index (χ0) is 27.9. The van der Waals surface area contributed by atoms with Crippen LogP contribution in [0.1, 0.15) is 51.6 Å². The predicted molar refractivity (Wildman–Crippen MR) is 154 cm³/mol. The summed E-state index contributed by atoms with van der Waals surface area (Å²) < 4.78 is 5.68. The molecular formula is C33H32N4O4. The predicted octanol–water partition coefficient (Wildman–Crippen LogP) is 3.66. The summed E-state index contributed by atoms with van der Waals surface area (Å²) in [6.45, 7) is 1.11. The molecule has 4 aromatic rings. The molecule has 0 radical (unpaired) electrons. The molecule has 3 aliphatic heterocycles. The number of fused-ring (bicyclic) bond motifs is 7. The van der Waals surface area contributed by atoms with Crippen LogP contribution in [0, 0.1) is 0 Å². The van der Waals surface area contributed by atoms with Crippen LogP contribution in [-0.2, 0) is 27.2 Å². The van der Waals surface area contributed by atoms with Gasteiger partial charge >= 0.3 is 0 Å². The summed E-state index contributed by atoms with van der Waals surface area (Å²) in [5.74, 6) is -0.758. The molecule has 0 saturated carbocycles. The third-order valence-corrected chi connectivity index (χ3v) is 8.60. The van der Waals surface area contributed by atoms with Gasteiger partial charge in [0, 0.05) is 48.2 Å². The number of H-pyrrole nitrogens is 1. The van der Waals surface area contributed by atoms with Crippen LogP contribution in [0.3, 0.4) is 0 Å². The van der Waals surface area contributed by atoms with Gasteiger partial charge < -0.3 is 25.3 Å². The van der Waals surface area contributed by atoms with E-state index in [1.54, 1.807) is 4.90 Å². The summed E-state index contributed by atoms with van der Waals surface area (Å²) in [4.78, 5) is 46.6. The van der Waals surface area contributed by atoms with Gasteiger partial charge in [0.05, 0.1) is 12.1 Å². The third kappa shape index (κ3) is 4.58. The number of ether oxygens (including phenoxy) is 1. The van der Waals surface area contributed by atoms with Crippen LogP contribution >= 0.6 is 0 Å². The molecule has 208 valence electrons. The van der Waals surface area contributed by atoms with E-state index in [-0.39, 0.29) is 23.8 Å². The fraction of sp³-hybridized carbons (Fsp3) is 0.303. The third-order valence-electron chi connectivity index (χ3n) is 8.60. The van der Waals surface area contributed by atoms with Crippen molar-refractivity contribution in [2.24, 2.45) is 0 Å². The minimum atomic E-state index is -0.797. The summed E-state index contributed by atoms with van der Waals surface area (Å²) in [5, 5.41) is 7.09. The van der Waals surface area contributed by atoms with Gasteiger partial charge in [-0.3, -0.25) is 14.4 Å². The topological polar surface area (TPSA) is 104 Å². The molecular weight excluding hydrogens is 516 g/mol. The SMILES string of the molecule is O=C(NCC1CCCO1)C(Cc1ccccc1)NC(=O)C1Cc2c([nH]c3ccccc23)C2c3ccccc3C(=O)N12. The highest BCUT2D eigenvalue weighted by atomic mass is 16.5. The van der Waals surface area contributed by atoms with Crippen LogP contribution < -0.4 is 10.6 Å². The number of nitrogens with one attached hydrogen (secondary N) is 3. The van der Waals surface area contributed by atoms with Crippen molar-refractivity contribution >= 4 is 28.6 Å². The molecule has 3 aromatic carbocycles. The van der Waals surface area contributed by atoms with Crippen molar-refractivity contribution in [1.82, 2.24) is 20.5 Å². The Balaban J connectivity index is 1.21. The first kappa shape index (κ1) is 25.5. The number of amides is 3. The number of carbonyl (C=O) groups excluding carboxylic acids is 3. The lowest BCUT2D eigenvalue weighted by Gasteiger charge is -2.37. The van der Waals surface area contributed by atoms with Crippen molar-refractivity contribution in [3.8, 4) is 0 Å². The summed E-state index contributed by atoms with van der Waals surface area (Å²) in [7, 11) is 0. The van der Waals surface area contributed by atoms with Crippen LogP contribution in [0.4, 0.5) is 0 Å². The van der Waals surface area contributed by atoms with Gasteiger partial charge in [0.15, 0.2) is 0 Å². The quantitative estimate of drug-likeness (QED) is 0.328. The van der Waals surface area contributed by atoms with E-state index in [0.29, 0.717) is 31.6 Å². The maximum Gasteiger partial charge on any atom is 0.255 e. The number of benzene rings is 3. The number of aromatic amines is 1. The van der Waals surface area contributed by atoms with Crippen molar-refractivity contribution in [2.45, 2.75) is 49.9 Å². The number of hydrogen-bond acceptors (Lipinski definition) is 4. The van der Waals surface area contributed by atoms with Crippen LogP contribution in [0.15, 0.2) is 78.9 Å². The molecule has 1 saturated heterocycles. The largest absolute Gasteiger partial charge is 0.376 e. The van der Waals surface area contributed by atoms with E-state index in [0.717, 1.165) is 46.1 Å². The monoisotopic (exact) mass is 548 g/mol. The Bertz CT molecular complexity index is 1620. The lowest BCUT2D eigenvalue weighted by atomic mass is 9.89. The Labute approximate surface area is 238 Å². The minimum absolute atomic E-state index is 0.00727. The van der Waals surface area contributed by atoms with Gasteiger partial charge in [-0.15, -0.1) is 0 Å². The molecule has 4 unspecified atom stereocenters. The van der Waals surface area contributed by atoms with Gasteiger partial charge in [-0.05, 0) is 41.7 Å². The van der Waals surface area contributed by atoms with E-state index in [1.165, 1.54) is 0 Å². The maximum atomic E-state index is 14.2. The van der Waals surface area contributed by atoms with Gasteiger partial charge in [-0.1, -0.05) is 66.7 Å². The van der Waals surface area contributed by atoms with Crippen molar-refractivity contribution in [2.75, 3.05) is 13.2 Å². The first-order valence-electron chi connectivity index (χ1n) is 14.3. The average molecular weight is 549 g/mol. The first-order valence-corrected chi connectivity index (χ1v) is 14.3. The molecule has 7 rings (SSSR count). The number of carbonyl (C=O) groups is 3. The standard InChI is InChI=1S/C33H32N4O4/c38-31(34-19-21-11-8-16-41-21)27(17-20-9-2-1-3-10-20)36-32(39)28-18-25-22-12-6-7-15-26(22)35-29(25)30-23-13-4-5-14-24(23)33(40)37(28)30/h1-7,9-10,12-15,21,27-28,30,35H,8,11,16-19H2,(H,34,38)(H,36,39). The lowest BCUT2D eigenvalue weighted by Crippen LogP contribution is -2.57. The zero-order valence-corrected chi connectivity index (χ0v) is 22.6. The van der Waals surface area contributed by atoms with Crippen LogP contribution in [0.25, 0.3) is 10.9 Å². The Morgan fingerprint density at radius 2 is 1.78 bits per heavy atom. The molecule has 3 aliphatic rings. The van der Waals surface area contributed by atoms with E-state index < -0.39 is 18.1 Å². The molecule has 1 aromatic heterocycles. The van der Waals surface area contributed by atoms with Gasteiger partial charge in [-0.2, -0.15) is 0 Å². The number of aromatic nitrogens is 1. The van der Waals surface area contributed by atoms with E-state index in [2.05, 4.69) is 21.7 Å². The van der Waals surface area contributed by atoms with E-state index >= 15 is 0 Å². The Kier molecular flexibility index (Phi) is 6.55. The van der Waals surface area contributed by atoms with Crippen molar-refractivity contribution < 1.29 is 19.1 Å².